The fourth-order valence-electron chi connectivity index (χ4n) is 1.79. The van der Waals surface area contributed by atoms with Crippen molar-refractivity contribution in [3.8, 4) is 11.6 Å². The molecule has 0 amide bonds. The SMILES string of the molecule is Cc1nn(C)c(Oc2cc(Br)cc([N+](=O)[O-])c2)c1CCl. The number of halogens is 2. The predicted molar refractivity (Wildman–Crippen MR) is 78.4 cm³/mol. The van der Waals surface area contributed by atoms with Crippen LogP contribution in [0.25, 0.3) is 0 Å². The minimum absolute atomic E-state index is 0.0549. The largest absolute Gasteiger partial charge is 0.439 e. The molecule has 0 atom stereocenters. The molecule has 1 heterocycles. The van der Waals surface area contributed by atoms with E-state index in [1.165, 1.54) is 12.1 Å². The second-order valence-electron chi connectivity index (χ2n) is 4.13. The highest BCUT2D eigenvalue weighted by molar-refractivity contribution is 9.10. The number of hydrogen-bond donors (Lipinski definition) is 0. The standard InChI is InChI=1S/C12H11BrClN3O3/c1-7-11(6-14)12(16(2)15-7)20-10-4-8(13)3-9(5-10)17(18)19/h3-5H,6H2,1-2H3. The van der Waals surface area contributed by atoms with Gasteiger partial charge in [0.25, 0.3) is 5.69 Å². The summed E-state index contributed by atoms with van der Waals surface area (Å²) < 4.78 is 7.82. The van der Waals surface area contributed by atoms with Crippen molar-refractivity contribution in [3.63, 3.8) is 0 Å². The smallest absolute Gasteiger partial charge is 0.274 e. The lowest BCUT2D eigenvalue weighted by Gasteiger charge is -2.08. The van der Waals surface area contributed by atoms with Crippen molar-refractivity contribution >= 4 is 33.2 Å². The minimum atomic E-state index is -0.478. The molecule has 0 radical (unpaired) electrons. The number of aryl methyl sites for hydroxylation is 2. The molecular weight excluding hydrogens is 350 g/mol. The molecule has 0 bridgehead atoms. The van der Waals surface area contributed by atoms with Gasteiger partial charge in [0.2, 0.25) is 5.88 Å². The van der Waals surface area contributed by atoms with Gasteiger partial charge in [0.15, 0.2) is 0 Å². The highest BCUT2D eigenvalue weighted by Gasteiger charge is 2.16. The van der Waals surface area contributed by atoms with Gasteiger partial charge in [-0.15, -0.1) is 11.6 Å². The fraction of sp³-hybridized carbons (Fsp3) is 0.250. The Balaban J connectivity index is 2.42. The molecule has 106 valence electrons. The van der Waals surface area contributed by atoms with Gasteiger partial charge in [-0.2, -0.15) is 5.10 Å². The topological polar surface area (TPSA) is 70.2 Å². The third-order valence-electron chi connectivity index (χ3n) is 2.70. The van der Waals surface area contributed by atoms with Gasteiger partial charge in [-0.25, -0.2) is 4.68 Å². The summed E-state index contributed by atoms with van der Waals surface area (Å²) in [6.45, 7) is 1.83. The number of nitrogens with zero attached hydrogens (tertiary/aromatic N) is 3. The maximum atomic E-state index is 10.8. The van der Waals surface area contributed by atoms with E-state index in [9.17, 15) is 10.1 Å². The summed E-state index contributed by atoms with van der Waals surface area (Å²) in [5.41, 5.74) is 1.47. The number of hydrogen-bond acceptors (Lipinski definition) is 4. The molecule has 1 aromatic heterocycles. The first-order chi connectivity index (χ1) is 9.42. The zero-order chi connectivity index (χ0) is 14.9. The first-order valence-electron chi connectivity index (χ1n) is 5.63. The summed E-state index contributed by atoms with van der Waals surface area (Å²) in [7, 11) is 1.73. The van der Waals surface area contributed by atoms with Crippen LogP contribution in [-0.2, 0) is 12.9 Å². The lowest BCUT2D eigenvalue weighted by molar-refractivity contribution is -0.385. The molecule has 0 saturated carbocycles. The molecule has 6 nitrogen and oxygen atoms in total. The van der Waals surface area contributed by atoms with E-state index in [0.717, 1.165) is 11.3 Å². The van der Waals surface area contributed by atoms with Gasteiger partial charge in [-0.1, -0.05) is 15.9 Å². The lowest BCUT2D eigenvalue weighted by Crippen LogP contribution is -1.97. The van der Waals surface area contributed by atoms with Crippen LogP contribution in [0, 0.1) is 17.0 Å². The molecule has 0 fully saturated rings. The third-order valence-corrected chi connectivity index (χ3v) is 3.43. The number of nitro benzene ring substituents is 1. The molecule has 2 rings (SSSR count). The van der Waals surface area contributed by atoms with E-state index < -0.39 is 4.92 Å². The molecule has 2 aromatic rings. The number of aromatic nitrogens is 2. The molecule has 0 saturated heterocycles. The molecule has 8 heteroatoms. The molecule has 0 aliphatic rings. The molecule has 0 unspecified atom stereocenters. The van der Waals surface area contributed by atoms with E-state index in [4.69, 9.17) is 16.3 Å². The van der Waals surface area contributed by atoms with Crippen LogP contribution in [0.4, 0.5) is 5.69 Å². The molecule has 0 aliphatic heterocycles. The van der Waals surface area contributed by atoms with Crippen molar-refractivity contribution in [1.82, 2.24) is 9.78 Å². The van der Waals surface area contributed by atoms with Crippen molar-refractivity contribution in [2.24, 2.45) is 7.05 Å². The Morgan fingerprint density at radius 1 is 1.50 bits per heavy atom. The summed E-state index contributed by atoms with van der Waals surface area (Å²) >= 11 is 9.10. The summed E-state index contributed by atoms with van der Waals surface area (Å²) in [6, 6.07) is 4.41. The molecule has 0 N–H and O–H groups in total. The van der Waals surface area contributed by atoms with Crippen molar-refractivity contribution in [2.75, 3.05) is 0 Å². The monoisotopic (exact) mass is 359 g/mol. The Labute approximate surface area is 128 Å². The van der Waals surface area contributed by atoms with E-state index in [1.54, 1.807) is 17.8 Å². The average Bonchev–Trinajstić information content (AvgIpc) is 2.63. The van der Waals surface area contributed by atoms with E-state index in [2.05, 4.69) is 21.0 Å². The lowest BCUT2D eigenvalue weighted by atomic mass is 10.3. The number of rotatable bonds is 4. The zero-order valence-electron chi connectivity index (χ0n) is 10.8. The molecule has 0 aliphatic carbocycles. The minimum Gasteiger partial charge on any atom is -0.439 e. The maximum absolute atomic E-state index is 10.8. The summed E-state index contributed by atoms with van der Waals surface area (Å²) in [5, 5.41) is 15.1. The maximum Gasteiger partial charge on any atom is 0.274 e. The number of non-ortho nitro benzene ring substituents is 1. The van der Waals surface area contributed by atoms with Gasteiger partial charge in [0, 0.05) is 17.6 Å². The van der Waals surface area contributed by atoms with Gasteiger partial charge in [0.1, 0.15) is 5.75 Å². The summed E-state index contributed by atoms with van der Waals surface area (Å²) in [4.78, 5) is 10.4. The van der Waals surface area contributed by atoms with Crippen molar-refractivity contribution in [3.05, 3.63) is 44.0 Å². The van der Waals surface area contributed by atoms with Gasteiger partial charge < -0.3 is 4.74 Å². The Kier molecular flexibility index (Phi) is 4.29. The normalized spacial score (nSPS) is 10.6. The Bertz CT molecular complexity index is 672. The van der Waals surface area contributed by atoms with Crippen molar-refractivity contribution in [1.29, 1.82) is 0 Å². The summed E-state index contributed by atoms with van der Waals surface area (Å²) in [6.07, 6.45) is 0. The van der Waals surface area contributed by atoms with E-state index in [0.29, 0.717) is 16.1 Å². The van der Waals surface area contributed by atoms with Crippen LogP contribution in [0.5, 0.6) is 11.6 Å². The van der Waals surface area contributed by atoms with Crippen LogP contribution in [0.2, 0.25) is 0 Å². The Hall–Kier alpha value is -1.60. The zero-order valence-corrected chi connectivity index (χ0v) is 13.1. The first-order valence-corrected chi connectivity index (χ1v) is 6.96. The highest BCUT2D eigenvalue weighted by Crippen LogP contribution is 2.32. The van der Waals surface area contributed by atoms with E-state index in [-0.39, 0.29) is 11.6 Å². The van der Waals surface area contributed by atoms with Crippen LogP contribution in [0.15, 0.2) is 22.7 Å². The van der Waals surface area contributed by atoms with Gasteiger partial charge >= 0.3 is 0 Å². The highest BCUT2D eigenvalue weighted by atomic mass is 79.9. The van der Waals surface area contributed by atoms with Gasteiger partial charge in [0.05, 0.1) is 28.1 Å². The fourth-order valence-corrected chi connectivity index (χ4v) is 2.55. The second kappa shape index (κ2) is 5.80. The first kappa shape index (κ1) is 14.8. The molecule has 1 aromatic carbocycles. The third kappa shape index (κ3) is 2.94. The van der Waals surface area contributed by atoms with Crippen LogP contribution < -0.4 is 4.74 Å². The number of benzene rings is 1. The van der Waals surface area contributed by atoms with Gasteiger partial charge in [-0.3, -0.25) is 10.1 Å². The Morgan fingerprint density at radius 2 is 2.20 bits per heavy atom. The van der Waals surface area contributed by atoms with Crippen molar-refractivity contribution in [2.45, 2.75) is 12.8 Å². The van der Waals surface area contributed by atoms with Gasteiger partial charge in [-0.05, 0) is 13.0 Å². The second-order valence-corrected chi connectivity index (χ2v) is 5.31. The number of ether oxygens (including phenoxy) is 1. The predicted octanol–water partition coefficient (Wildman–Crippen LogP) is 3.93. The number of alkyl halides is 1. The molecule has 20 heavy (non-hydrogen) atoms. The van der Waals surface area contributed by atoms with Crippen molar-refractivity contribution < 1.29 is 9.66 Å². The molecular formula is C12H11BrClN3O3. The Morgan fingerprint density at radius 3 is 2.80 bits per heavy atom. The average molecular weight is 361 g/mol. The molecule has 0 spiro atoms. The number of nitro groups is 1. The van der Waals surface area contributed by atoms with E-state index >= 15 is 0 Å². The quantitative estimate of drug-likeness (QED) is 0.470. The summed E-state index contributed by atoms with van der Waals surface area (Å²) in [5.74, 6) is 1.08. The van der Waals surface area contributed by atoms with Crippen LogP contribution in [0.1, 0.15) is 11.3 Å². The van der Waals surface area contributed by atoms with Crippen LogP contribution >= 0.6 is 27.5 Å². The van der Waals surface area contributed by atoms with Crippen LogP contribution in [0.3, 0.4) is 0 Å². The van der Waals surface area contributed by atoms with E-state index in [1.807, 2.05) is 6.92 Å². The van der Waals surface area contributed by atoms with Crippen LogP contribution in [-0.4, -0.2) is 14.7 Å².